The van der Waals surface area contributed by atoms with Crippen LogP contribution >= 0.6 is 0 Å². The topological polar surface area (TPSA) is 12.0 Å². The molecule has 0 saturated heterocycles. The second-order valence-corrected chi connectivity index (χ2v) is 4.97. The van der Waals surface area contributed by atoms with Crippen LogP contribution in [0.1, 0.15) is 20.3 Å². The molecular formula is C10H25N2+. The van der Waals surface area contributed by atoms with E-state index in [0.29, 0.717) is 0 Å². The molecule has 0 atom stereocenters. The summed E-state index contributed by atoms with van der Waals surface area (Å²) in [5, 5.41) is 3.45. The lowest BCUT2D eigenvalue weighted by atomic mass is 10.2. The van der Waals surface area contributed by atoms with Crippen LogP contribution in [0.5, 0.6) is 0 Å². The van der Waals surface area contributed by atoms with Gasteiger partial charge >= 0.3 is 0 Å². The first-order valence-corrected chi connectivity index (χ1v) is 4.93. The van der Waals surface area contributed by atoms with Crippen molar-refractivity contribution >= 4 is 0 Å². The predicted molar refractivity (Wildman–Crippen MR) is 55.2 cm³/mol. The van der Waals surface area contributed by atoms with E-state index in [0.717, 1.165) is 23.5 Å². The average Bonchev–Trinajstić information content (AvgIpc) is 1.83. The second-order valence-electron chi connectivity index (χ2n) is 4.97. The molecule has 0 aromatic heterocycles. The van der Waals surface area contributed by atoms with Gasteiger partial charge in [0.1, 0.15) is 0 Å². The van der Waals surface area contributed by atoms with E-state index < -0.39 is 0 Å². The van der Waals surface area contributed by atoms with Gasteiger partial charge in [-0.2, -0.15) is 0 Å². The summed E-state index contributed by atoms with van der Waals surface area (Å²) in [6.07, 6.45) is 1.27. The maximum absolute atomic E-state index is 3.45. The van der Waals surface area contributed by atoms with Crippen molar-refractivity contribution in [3.8, 4) is 0 Å². The molecule has 0 radical (unpaired) electrons. The van der Waals surface area contributed by atoms with Crippen molar-refractivity contribution in [2.45, 2.75) is 20.3 Å². The third-order valence-corrected chi connectivity index (χ3v) is 1.74. The third kappa shape index (κ3) is 9.92. The van der Waals surface area contributed by atoms with Crippen LogP contribution in [0.3, 0.4) is 0 Å². The van der Waals surface area contributed by atoms with Crippen LogP contribution in [0.2, 0.25) is 0 Å². The highest BCUT2D eigenvalue weighted by molar-refractivity contribution is 4.50. The number of nitrogens with zero attached hydrogens (tertiary/aromatic N) is 1. The summed E-state index contributed by atoms with van der Waals surface area (Å²) in [6, 6.07) is 0. The fraction of sp³-hybridized carbons (Fsp3) is 1.00. The summed E-state index contributed by atoms with van der Waals surface area (Å²) in [6.45, 7) is 8.05. The summed E-state index contributed by atoms with van der Waals surface area (Å²) in [5.74, 6) is 0.772. The van der Waals surface area contributed by atoms with Gasteiger partial charge in [-0.05, 0) is 12.5 Å². The standard InChI is InChI=1S/C10H25N2/c1-10(2)9-11-7-6-8-12(3,4)5/h10-11H,6-9H2,1-5H3/q+1. The Bertz CT molecular complexity index is 103. The highest BCUT2D eigenvalue weighted by Crippen LogP contribution is 1.92. The first-order valence-electron chi connectivity index (χ1n) is 4.93. The lowest BCUT2D eigenvalue weighted by molar-refractivity contribution is -0.870. The molecular weight excluding hydrogens is 148 g/mol. The summed E-state index contributed by atoms with van der Waals surface area (Å²) in [7, 11) is 6.72. The van der Waals surface area contributed by atoms with Gasteiger partial charge in [-0.3, -0.25) is 0 Å². The van der Waals surface area contributed by atoms with E-state index >= 15 is 0 Å². The predicted octanol–water partition coefficient (Wildman–Crippen LogP) is 1.33. The van der Waals surface area contributed by atoms with Crippen molar-refractivity contribution in [1.29, 1.82) is 0 Å². The Kier molecular flexibility index (Phi) is 5.51. The van der Waals surface area contributed by atoms with Crippen LogP contribution in [0.4, 0.5) is 0 Å². The van der Waals surface area contributed by atoms with Crippen molar-refractivity contribution in [3.63, 3.8) is 0 Å². The second kappa shape index (κ2) is 5.55. The van der Waals surface area contributed by atoms with Crippen molar-refractivity contribution < 1.29 is 4.48 Å². The zero-order chi connectivity index (χ0) is 9.61. The Morgan fingerprint density at radius 1 is 1.17 bits per heavy atom. The van der Waals surface area contributed by atoms with Gasteiger partial charge in [0.25, 0.3) is 0 Å². The molecule has 0 fully saturated rings. The van der Waals surface area contributed by atoms with E-state index in [1.165, 1.54) is 13.0 Å². The summed E-state index contributed by atoms with van der Waals surface area (Å²) in [5.41, 5.74) is 0. The number of nitrogens with one attached hydrogen (secondary N) is 1. The lowest BCUT2D eigenvalue weighted by Gasteiger charge is -2.23. The number of quaternary nitrogens is 1. The first-order chi connectivity index (χ1) is 5.42. The monoisotopic (exact) mass is 173 g/mol. The average molecular weight is 173 g/mol. The van der Waals surface area contributed by atoms with Crippen molar-refractivity contribution in [2.24, 2.45) is 5.92 Å². The van der Waals surface area contributed by atoms with Crippen LogP contribution in [0.25, 0.3) is 0 Å². The first kappa shape index (κ1) is 11.9. The van der Waals surface area contributed by atoms with E-state index in [-0.39, 0.29) is 0 Å². The molecule has 0 saturated carbocycles. The maximum atomic E-state index is 3.45. The molecule has 2 heteroatoms. The zero-order valence-corrected chi connectivity index (χ0v) is 9.35. The molecule has 12 heavy (non-hydrogen) atoms. The molecule has 0 aliphatic carbocycles. The molecule has 2 nitrogen and oxygen atoms in total. The molecule has 0 bridgehead atoms. The van der Waals surface area contributed by atoms with Crippen molar-refractivity contribution in [3.05, 3.63) is 0 Å². The van der Waals surface area contributed by atoms with E-state index in [4.69, 9.17) is 0 Å². The Morgan fingerprint density at radius 2 is 1.75 bits per heavy atom. The number of hydrogen-bond donors (Lipinski definition) is 1. The molecule has 1 N–H and O–H groups in total. The van der Waals surface area contributed by atoms with Gasteiger partial charge in [-0.25, -0.2) is 0 Å². The Labute approximate surface area is 77.5 Å². The van der Waals surface area contributed by atoms with E-state index in [1.807, 2.05) is 0 Å². The smallest absolute Gasteiger partial charge is 0.0792 e. The Balaban J connectivity index is 3.12. The molecule has 0 amide bonds. The minimum atomic E-state index is 0.772. The quantitative estimate of drug-likeness (QED) is 0.472. The summed E-state index contributed by atoms with van der Waals surface area (Å²) < 4.78 is 1.07. The molecule has 0 unspecified atom stereocenters. The van der Waals surface area contributed by atoms with Crippen LogP contribution in [0, 0.1) is 5.92 Å². The normalized spacial score (nSPS) is 12.5. The van der Waals surface area contributed by atoms with Crippen LogP contribution in [0.15, 0.2) is 0 Å². The van der Waals surface area contributed by atoms with Gasteiger partial charge in [-0.1, -0.05) is 13.8 Å². The summed E-state index contributed by atoms with van der Waals surface area (Å²) >= 11 is 0. The van der Waals surface area contributed by atoms with Gasteiger partial charge in [0.15, 0.2) is 0 Å². The van der Waals surface area contributed by atoms with Gasteiger partial charge in [-0.15, -0.1) is 0 Å². The SMILES string of the molecule is CC(C)CNCCC[N+](C)(C)C. The zero-order valence-electron chi connectivity index (χ0n) is 9.35. The molecule has 0 aromatic rings. The van der Waals surface area contributed by atoms with Gasteiger partial charge < -0.3 is 9.80 Å². The van der Waals surface area contributed by atoms with E-state index in [1.54, 1.807) is 0 Å². The lowest BCUT2D eigenvalue weighted by Crippen LogP contribution is -2.37. The maximum Gasteiger partial charge on any atom is 0.0792 e. The molecule has 74 valence electrons. The van der Waals surface area contributed by atoms with Crippen LogP contribution in [-0.4, -0.2) is 45.3 Å². The Hall–Kier alpha value is -0.0800. The fourth-order valence-corrected chi connectivity index (χ4v) is 1.07. The van der Waals surface area contributed by atoms with Crippen molar-refractivity contribution in [1.82, 2.24) is 5.32 Å². The molecule has 0 spiro atoms. The minimum Gasteiger partial charge on any atom is -0.331 e. The molecule has 0 aromatic carbocycles. The van der Waals surface area contributed by atoms with Gasteiger partial charge in [0.2, 0.25) is 0 Å². The van der Waals surface area contributed by atoms with Gasteiger partial charge in [0, 0.05) is 13.0 Å². The van der Waals surface area contributed by atoms with Gasteiger partial charge in [0.05, 0.1) is 27.7 Å². The van der Waals surface area contributed by atoms with E-state index in [9.17, 15) is 0 Å². The highest BCUT2D eigenvalue weighted by atomic mass is 15.3. The van der Waals surface area contributed by atoms with E-state index in [2.05, 4.69) is 40.3 Å². The third-order valence-electron chi connectivity index (χ3n) is 1.74. The van der Waals surface area contributed by atoms with Crippen LogP contribution < -0.4 is 5.32 Å². The summed E-state index contributed by atoms with van der Waals surface area (Å²) in [4.78, 5) is 0. The molecule has 0 aliphatic heterocycles. The molecule has 0 aliphatic rings. The van der Waals surface area contributed by atoms with Crippen LogP contribution in [-0.2, 0) is 0 Å². The number of rotatable bonds is 6. The largest absolute Gasteiger partial charge is 0.331 e. The molecule has 0 heterocycles. The van der Waals surface area contributed by atoms with Crippen molar-refractivity contribution in [2.75, 3.05) is 40.8 Å². The minimum absolute atomic E-state index is 0.772. The number of hydrogen-bond acceptors (Lipinski definition) is 1. The molecule has 0 rings (SSSR count). The highest BCUT2D eigenvalue weighted by Gasteiger charge is 2.04. The Morgan fingerprint density at radius 3 is 2.17 bits per heavy atom. The fourth-order valence-electron chi connectivity index (χ4n) is 1.07.